The average Bonchev–Trinajstić information content (AvgIpc) is 2.88. The Hall–Kier alpha value is -2.23. The Kier molecular flexibility index (Phi) is 4.79. The molecule has 0 saturated carbocycles. The summed E-state index contributed by atoms with van der Waals surface area (Å²) in [5.41, 5.74) is -5.26. The molecular weight excluding hydrogens is 353 g/mol. The second kappa shape index (κ2) is 6.34. The summed E-state index contributed by atoms with van der Waals surface area (Å²) in [6.07, 6.45) is 0. The van der Waals surface area contributed by atoms with Gasteiger partial charge < -0.3 is 13.3 Å². The van der Waals surface area contributed by atoms with Crippen molar-refractivity contribution in [1.82, 2.24) is 0 Å². The summed E-state index contributed by atoms with van der Waals surface area (Å²) in [6.45, 7) is 3.38. The smallest absolute Gasteiger partial charge is 0.465 e. The van der Waals surface area contributed by atoms with Crippen LogP contribution in [0, 0.1) is 0 Å². The number of esters is 1. The van der Waals surface area contributed by atoms with Crippen molar-refractivity contribution in [2.24, 2.45) is 0 Å². The molecule has 24 heavy (non-hydrogen) atoms. The minimum Gasteiger partial charge on any atom is -0.465 e. The summed E-state index contributed by atoms with van der Waals surface area (Å²) < 4.78 is 73.3. The molecule has 0 saturated heterocycles. The van der Waals surface area contributed by atoms with Gasteiger partial charge in [-0.25, -0.2) is 0 Å². The van der Waals surface area contributed by atoms with Crippen LogP contribution in [0.15, 0.2) is 28.7 Å². The van der Waals surface area contributed by atoms with Gasteiger partial charge in [-0.1, -0.05) is 0 Å². The second-order valence-electron chi connectivity index (χ2n) is 4.81. The molecule has 0 aliphatic carbocycles. The molecule has 0 fully saturated rings. The van der Waals surface area contributed by atoms with Crippen LogP contribution in [0.2, 0.25) is 0 Å². The zero-order valence-electron chi connectivity index (χ0n) is 12.6. The molecule has 132 valence electrons. The maximum atomic E-state index is 12.3. The van der Waals surface area contributed by atoms with Crippen LogP contribution in [0.25, 0.3) is 11.0 Å². The molecule has 1 atom stereocenters. The van der Waals surface area contributed by atoms with Crippen molar-refractivity contribution >= 4 is 27.1 Å². The normalized spacial score (nSPS) is 13.7. The van der Waals surface area contributed by atoms with Crippen molar-refractivity contribution in [2.45, 2.75) is 25.3 Å². The molecule has 10 heteroatoms. The fraction of sp³-hybridized carbons (Fsp3) is 0.357. The molecule has 2 rings (SSSR count). The van der Waals surface area contributed by atoms with Crippen molar-refractivity contribution < 1.29 is 39.7 Å². The highest BCUT2D eigenvalue weighted by molar-refractivity contribution is 7.88. The van der Waals surface area contributed by atoms with Gasteiger partial charge in [0, 0.05) is 5.39 Å². The van der Waals surface area contributed by atoms with Gasteiger partial charge in [0.1, 0.15) is 23.0 Å². The van der Waals surface area contributed by atoms with Gasteiger partial charge in [-0.2, -0.15) is 21.6 Å². The zero-order chi connectivity index (χ0) is 18.1. The lowest BCUT2D eigenvalue weighted by atomic mass is 10.1. The molecule has 0 aliphatic rings. The predicted molar refractivity (Wildman–Crippen MR) is 76.9 cm³/mol. The monoisotopic (exact) mass is 366 g/mol. The Morgan fingerprint density at radius 2 is 1.96 bits per heavy atom. The Bertz CT molecular complexity index is 853. The number of hydrogen-bond donors (Lipinski definition) is 0. The van der Waals surface area contributed by atoms with E-state index in [1.807, 2.05) is 0 Å². The van der Waals surface area contributed by atoms with E-state index in [1.54, 1.807) is 13.8 Å². The molecule has 1 aromatic heterocycles. The van der Waals surface area contributed by atoms with Gasteiger partial charge in [-0.15, -0.1) is 0 Å². The standard InChI is InChI=1S/C14H13F3O6S/c1-3-21-13(18)8(2)12-7-9-6-10(4-5-11(9)22-12)23-24(19,20)14(15,16)17/h4-8H,3H2,1-2H3. The molecule has 0 amide bonds. The van der Waals surface area contributed by atoms with E-state index in [0.717, 1.165) is 12.1 Å². The van der Waals surface area contributed by atoms with Crippen molar-refractivity contribution in [3.05, 3.63) is 30.0 Å². The fourth-order valence-corrected chi connectivity index (χ4v) is 2.32. The Balaban J connectivity index is 2.31. The number of carbonyl (C=O) groups is 1. The lowest BCUT2D eigenvalue weighted by Gasteiger charge is -2.08. The quantitative estimate of drug-likeness (QED) is 0.459. The predicted octanol–water partition coefficient (Wildman–Crippen LogP) is 3.33. The number of rotatable bonds is 5. The number of alkyl halides is 3. The summed E-state index contributed by atoms with van der Waals surface area (Å²) in [6, 6.07) is 4.75. The van der Waals surface area contributed by atoms with Gasteiger partial charge in [-0.05, 0) is 38.1 Å². The van der Waals surface area contributed by atoms with Crippen molar-refractivity contribution in [3.63, 3.8) is 0 Å². The first-order chi connectivity index (χ1) is 11.0. The molecule has 1 heterocycles. The molecule has 0 aliphatic heterocycles. The minimum atomic E-state index is -5.75. The van der Waals surface area contributed by atoms with Crippen LogP contribution in [-0.4, -0.2) is 26.5 Å². The van der Waals surface area contributed by atoms with Crippen LogP contribution >= 0.6 is 0 Å². The Morgan fingerprint density at radius 1 is 1.29 bits per heavy atom. The maximum Gasteiger partial charge on any atom is 0.534 e. The summed E-state index contributed by atoms with van der Waals surface area (Å²) >= 11 is 0. The number of benzene rings is 1. The van der Waals surface area contributed by atoms with E-state index in [2.05, 4.69) is 4.18 Å². The molecule has 1 unspecified atom stereocenters. The topological polar surface area (TPSA) is 82.8 Å². The van der Waals surface area contributed by atoms with E-state index in [4.69, 9.17) is 9.15 Å². The lowest BCUT2D eigenvalue weighted by molar-refractivity contribution is -0.144. The number of halogens is 3. The molecule has 0 bridgehead atoms. The number of fused-ring (bicyclic) bond motifs is 1. The number of carbonyl (C=O) groups excluding carboxylic acids is 1. The van der Waals surface area contributed by atoms with E-state index in [-0.39, 0.29) is 23.3 Å². The molecule has 1 aromatic carbocycles. The first kappa shape index (κ1) is 18.1. The molecule has 0 spiro atoms. The van der Waals surface area contributed by atoms with E-state index in [9.17, 15) is 26.4 Å². The summed E-state index contributed by atoms with van der Waals surface area (Å²) in [5, 5.41) is 0.288. The van der Waals surface area contributed by atoms with Crippen molar-refractivity contribution in [3.8, 4) is 5.75 Å². The SMILES string of the molecule is CCOC(=O)C(C)c1cc2cc(OS(=O)(=O)C(F)(F)F)ccc2o1. The van der Waals surface area contributed by atoms with E-state index >= 15 is 0 Å². The van der Waals surface area contributed by atoms with Gasteiger partial charge in [0.2, 0.25) is 0 Å². The third-order valence-corrected chi connectivity index (χ3v) is 4.04. The molecular formula is C14H13F3O6S. The Morgan fingerprint density at radius 3 is 2.54 bits per heavy atom. The highest BCUT2D eigenvalue weighted by Crippen LogP contribution is 2.31. The van der Waals surface area contributed by atoms with Crippen molar-refractivity contribution in [2.75, 3.05) is 6.61 Å². The average molecular weight is 366 g/mol. The van der Waals surface area contributed by atoms with E-state index in [0.29, 0.717) is 0 Å². The molecule has 0 radical (unpaired) electrons. The van der Waals surface area contributed by atoms with Gasteiger partial charge in [0.25, 0.3) is 0 Å². The third kappa shape index (κ3) is 3.64. The molecule has 2 aromatic rings. The third-order valence-electron chi connectivity index (χ3n) is 3.06. The maximum absolute atomic E-state index is 12.3. The minimum absolute atomic E-state index is 0.191. The van der Waals surface area contributed by atoms with Crippen LogP contribution in [0.4, 0.5) is 13.2 Å². The molecule has 6 nitrogen and oxygen atoms in total. The van der Waals surface area contributed by atoms with Gasteiger partial charge in [0.05, 0.1) is 6.61 Å². The Labute approximate surface area is 135 Å². The highest BCUT2D eigenvalue weighted by atomic mass is 32.2. The fourth-order valence-electron chi connectivity index (χ4n) is 1.86. The number of furan rings is 1. The van der Waals surface area contributed by atoms with E-state index in [1.165, 1.54) is 12.1 Å². The zero-order valence-corrected chi connectivity index (χ0v) is 13.4. The summed E-state index contributed by atoms with van der Waals surface area (Å²) in [4.78, 5) is 11.7. The van der Waals surface area contributed by atoms with Crippen LogP contribution in [0.1, 0.15) is 25.5 Å². The van der Waals surface area contributed by atoms with Crippen molar-refractivity contribution in [1.29, 1.82) is 0 Å². The number of ether oxygens (including phenoxy) is 1. The first-order valence-corrected chi connectivity index (χ1v) is 8.17. The molecule has 0 N–H and O–H groups in total. The second-order valence-corrected chi connectivity index (χ2v) is 6.34. The first-order valence-electron chi connectivity index (χ1n) is 6.76. The summed E-state index contributed by atoms with van der Waals surface area (Å²) in [7, 11) is -5.75. The van der Waals surface area contributed by atoms with E-state index < -0.39 is 33.3 Å². The van der Waals surface area contributed by atoms with Gasteiger partial charge >= 0.3 is 21.6 Å². The highest BCUT2D eigenvalue weighted by Gasteiger charge is 2.48. The number of hydrogen-bond acceptors (Lipinski definition) is 6. The van der Waals surface area contributed by atoms with Crippen LogP contribution in [0.3, 0.4) is 0 Å². The summed E-state index contributed by atoms with van der Waals surface area (Å²) in [5.74, 6) is -1.52. The lowest BCUT2D eigenvalue weighted by Crippen LogP contribution is -2.27. The van der Waals surface area contributed by atoms with Crippen LogP contribution < -0.4 is 4.18 Å². The van der Waals surface area contributed by atoms with Crippen LogP contribution in [-0.2, 0) is 19.6 Å². The van der Waals surface area contributed by atoms with Gasteiger partial charge in [0.15, 0.2) is 0 Å². The van der Waals surface area contributed by atoms with Crippen LogP contribution in [0.5, 0.6) is 5.75 Å². The van der Waals surface area contributed by atoms with Gasteiger partial charge in [-0.3, -0.25) is 4.79 Å². The largest absolute Gasteiger partial charge is 0.534 e.